The van der Waals surface area contributed by atoms with Gasteiger partial charge in [0.15, 0.2) is 0 Å². The number of hydrogen-bond donors (Lipinski definition) is 0. The molecule has 2 heteroatoms. The zero-order valence-corrected chi connectivity index (χ0v) is 11.7. The summed E-state index contributed by atoms with van der Waals surface area (Å²) >= 11 is 0. The SMILES string of the molecule is C=C(OC)c1cccc(OCC(C)CCCC)c1. The topological polar surface area (TPSA) is 18.5 Å². The third-order valence-corrected chi connectivity index (χ3v) is 2.99. The van der Waals surface area contributed by atoms with Crippen LogP contribution < -0.4 is 4.74 Å². The van der Waals surface area contributed by atoms with E-state index < -0.39 is 0 Å². The monoisotopic (exact) mass is 248 g/mol. The lowest BCUT2D eigenvalue weighted by molar-refractivity contribution is 0.249. The van der Waals surface area contributed by atoms with E-state index in [9.17, 15) is 0 Å². The molecule has 2 nitrogen and oxygen atoms in total. The van der Waals surface area contributed by atoms with Crippen LogP contribution >= 0.6 is 0 Å². The molecule has 0 saturated carbocycles. The van der Waals surface area contributed by atoms with Gasteiger partial charge in [-0.15, -0.1) is 0 Å². The molecule has 0 heterocycles. The van der Waals surface area contributed by atoms with Crippen LogP contribution in [0.3, 0.4) is 0 Å². The molecule has 0 bridgehead atoms. The molecule has 1 rings (SSSR count). The highest BCUT2D eigenvalue weighted by Gasteiger charge is 2.04. The van der Waals surface area contributed by atoms with Crippen LogP contribution in [-0.4, -0.2) is 13.7 Å². The number of ether oxygens (including phenoxy) is 2. The lowest BCUT2D eigenvalue weighted by atomic mass is 10.1. The van der Waals surface area contributed by atoms with Gasteiger partial charge in [-0.2, -0.15) is 0 Å². The molecule has 100 valence electrons. The van der Waals surface area contributed by atoms with Crippen LogP contribution in [0.4, 0.5) is 0 Å². The van der Waals surface area contributed by atoms with E-state index in [4.69, 9.17) is 9.47 Å². The Hall–Kier alpha value is -1.44. The summed E-state index contributed by atoms with van der Waals surface area (Å²) in [5.74, 6) is 2.15. The number of unbranched alkanes of at least 4 members (excludes halogenated alkanes) is 1. The van der Waals surface area contributed by atoms with Gasteiger partial charge in [0.2, 0.25) is 0 Å². The van der Waals surface area contributed by atoms with Crippen LogP contribution in [0.2, 0.25) is 0 Å². The zero-order chi connectivity index (χ0) is 13.4. The van der Waals surface area contributed by atoms with E-state index in [1.807, 2.05) is 24.3 Å². The van der Waals surface area contributed by atoms with Crippen molar-refractivity contribution in [3.63, 3.8) is 0 Å². The van der Waals surface area contributed by atoms with Crippen molar-refractivity contribution in [1.29, 1.82) is 0 Å². The van der Waals surface area contributed by atoms with Crippen molar-refractivity contribution < 1.29 is 9.47 Å². The molecule has 0 spiro atoms. The third-order valence-electron chi connectivity index (χ3n) is 2.99. The molecular weight excluding hydrogens is 224 g/mol. The second-order valence-electron chi connectivity index (χ2n) is 4.71. The third kappa shape index (κ3) is 4.82. The maximum absolute atomic E-state index is 5.80. The Labute approximate surface area is 111 Å². The van der Waals surface area contributed by atoms with Crippen molar-refractivity contribution in [3.05, 3.63) is 36.4 Å². The van der Waals surface area contributed by atoms with Crippen molar-refractivity contribution in [2.45, 2.75) is 33.1 Å². The maximum Gasteiger partial charge on any atom is 0.120 e. The molecule has 0 radical (unpaired) electrons. The summed E-state index contributed by atoms with van der Waals surface area (Å²) < 4.78 is 10.9. The van der Waals surface area contributed by atoms with Crippen LogP contribution in [0.15, 0.2) is 30.8 Å². The first-order valence-corrected chi connectivity index (χ1v) is 6.63. The highest BCUT2D eigenvalue weighted by molar-refractivity contribution is 5.58. The largest absolute Gasteiger partial charge is 0.497 e. The van der Waals surface area contributed by atoms with Gasteiger partial charge in [-0.3, -0.25) is 0 Å². The Bertz CT molecular complexity index is 371. The molecule has 1 aromatic carbocycles. The van der Waals surface area contributed by atoms with Crippen molar-refractivity contribution in [1.82, 2.24) is 0 Å². The van der Waals surface area contributed by atoms with Crippen LogP contribution in [0, 0.1) is 5.92 Å². The molecular formula is C16H24O2. The second-order valence-corrected chi connectivity index (χ2v) is 4.71. The molecule has 0 aliphatic carbocycles. The van der Waals surface area contributed by atoms with Gasteiger partial charge < -0.3 is 9.47 Å². The average Bonchev–Trinajstić information content (AvgIpc) is 2.42. The number of methoxy groups -OCH3 is 1. The highest BCUT2D eigenvalue weighted by Crippen LogP contribution is 2.20. The van der Waals surface area contributed by atoms with E-state index >= 15 is 0 Å². The fourth-order valence-corrected chi connectivity index (χ4v) is 1.75. The number of rotatable bonds is 8. The van der Waals surface area contributed by atoms with E-state index in [1.165, 1.54) is 19.3 Å². The first kappa shape index (κ1) is 14.6. The van der Waals surface area contributed by atoms with Gasteiger partial charge >= 0.3 is 0 Å². The fraction of sp³-hybridized carbons (Fsp3) is 0.500. The average molecular weight is 248 g/mol. The summed E-state index contributed by atoms with van der Waals surface area (Å²) in [6.07, 6.45) is 3.74. The molecule has 1 unspecified atom stereocenters. The minimum atomic E-state index is 0.597. The quantitative estimate of drug-likeness (QED) is 0.630. The summed E-state index contributed by atoms with van der Waals surface area (Å²) in [5, 5.41) is 0. The Morgan fingerprint density at radius 2 is 2.17 bits per heavy atom. The standard InChI is InChI=1S/C16H24O2/c1-5-6-8-13(2)12-18-16-10-7-9-15(11-16)14(3)17-4/h7,9-11,13H,3,5-6,8,12H2,1-2,4H3. The van der Waals surface area contributed by atoms with Gasteiger partial charge in [-0.05, 0) is 24.5 Å². The maximum atomic E-state index is 5.80. The summed E-state index contributed by atoms with van der Waals surface area (Å²) in [6.45, 7) is 9.05. The summed E-state index contributed by atoms with van der Waals surface area (Å²) in [7, 11) is 1.63. The molecule has 1 atom stereocenters. The van der Waals surface area contributed by atoms with E-state index in [-0.39, 0.29) is 0 Å². The van der Waals surface area contributed by atoms with Crippen molar-refractivity contribution in [2.24, 2.45) is 5.92 Å². The fourth-order valence-electron chi connectivity index (χ4n) is 1.75. The van der Waals surface area contributed by atoms with Crippen molar-refractivity contribution >= 4 is 5.76 Å². The highest BCUT2D eigenvalue weighted by atomic mass is 16.5. The number of benzene rings is 1. The number of hydrogen-bond acceptors (Lipinski definition) is 2. The van der Waals surface area contributed by atoms with E-state index in [1.54, 1.807) is 7.11 Å². The molecule has 18 heavy (non-hydrogen) atoms. The molecule has 0 aliphatic rings. The zero-order valence-electron chi connectivity index (χ0n) is 11.7. The normalized spacial score (nSPS) is 11.9. The van der Waals surface area contributed by atoms with E-state index in [0.29, 0.717) is 11.7 Å². The van der Waals surface area contributed by atoms with Gasteiger partial charge in [-0.25, -0.2) is 0 Å². The van der Waals surface area contributed by atoms with Crippen molar-refractivity contribution in [2.75, 3.05) is 13.7 Å². The first-order chi connectivity index (χ1) is 8.67. The van der Waals surface area contributed by atoms with Gasteiger partial charge in [0.1, 0.15) is 11.5 Å². The molecule has 0 aromatic heterocycles. The Morgan fingerprint density at radius 3 is 2.83 bits per heavy atom. The predicted molar refractivity (Wildman–Crippen MR) is 76.7 cm³/mol. The van der Waals surface area contributed by atoms with Crippen LogP contribution in [0.25, 0.3) is 5.76 Å². The van der Waals surface area contributed by atoms with E-state index in [0.717, 1.165) is 17.9 Å². The van der Waals surface area contributed by atoms with Gasteiger partial charge in [-0.1, -0.05) is 45.4 Å². The molecule has 0 N–H and O–H groups in total. The van der Waals surface area contributed by atoms with Gasteiger partial charge in [0, 0.05) is 5.56 Å². The molecule has 0 aliphatic heterocycles. The molecule has 1 aromatic rings. The first-order valence-electron chi connectivity index (χ1n) is 6.63. The second kappa shape index (κ2) is 7.80. The van der Waals surface area contributed by atoms with Crippen molar-refractivity contribution in [3.8, 4) is 5.75 Å². The molecule has 0 amide bonds. The van der Waals surface area contributed by atoms with Gasteiger partial charge in [0.25, 0.3) is 0 Å². The van der Waals surface area contributed by atoms with Crippen LogP contribution in [0.1, 0.15) is 38.7 Å². The Kier molecular flexibility index (Phi) is 6.34. The smallest absolute Gasteiger partial charge is 0.120 e. The summed E-state index contributed by atoms with van der Waals surface area (Å²) in [4.78, 5) is 0. The molecule has 0 saturated heterocycles. The minimum absolute atomic E-state index is 0.597. The van der Waals surface area contributed by atoms with Crippen LogP contribution in [0.5, 0.6) is 5.75 Å². The lowest BCUT2D eigenvalue weighted by Crippen LogP contribution is -2.08. The molecule has 0 fully saturated rings. The predicted octanol–water partition coefficient (Wildman–Crippen LogP) is 4.51. The van der Waals surface area contributed by atoms with E-state index in [2.05, 4.69) is 20.4 Å². The Balaban J connectivity index is 2.49. The lowest BCUT2D eigenvalue weighted by Gasteiger charge is -2.13. The summed E-state index contributed by atoms with van der Waals surface area (Å²) in [6, 6.07) is 7.88. The Morgan fingerprint density at radius 1 is 1.39 bits per heavy atom. The van der Waals surface area contributed by atoms with Gasteiger partial charge in [0.05, 0.1) is 13.7 Å². The van der Waals surface area contributed by atoms with Crippen LogP contribution in [-0.2, 0) is 4.74 Å². The minimum Gasteiger partial charge on any atom is -0.497 e. The summed E-state index contributed by atoms with van der Waals surface area (Å²) in [5.41, 5.74) is 0.969.